The van der Waals surface area contributed by atoms with Crippen molar-refractivity contribution in [2.24, 2.45) is 29.6 Å². The second-order valence-electron chi connectivity index (χ2n) is 7.07. The maximum absolute atomic E-state index is 9.52. The van der Waals surface area contributed by atoms with E-state index in [9.17, 15) is 5.26 Å². The van der Waals surface area contributed by atoms with Crippen LogP contribution in [0.5, 0.6) is 0 Å². The molecule has 1 heteroatoms. The second kappa shape index (κ2) is 4.77. The van der Waals surface area contributed by atoms with E-state index in [1.807, 2.05) is 18.2 Å². The van der Waals surface area contributed by atoms with Gasteiger partial charge in [-0.15, -0.1) is 0 Å². The van der Waals surface area contributed by atoms with E-state index in [-0.39, 0.29) is 0 Å². The number of nitriles is 1. The third-order valence-electron chi connectivity index (χ3n) is 5.86. The second-order valence-corrected chi connectivity index (χ2v) is 7.07. The number of allylic oxidation sites excluding steroid dienone is 2. The lowest BCUT2D eigenvalue weighted by Crippen LogP contribution is -2.44. The molecule has 1 aromatic rings. The fourth-order valence-corrected chi connectivity index (χ4v) is 5.25. The van der Waals surface area contributed by atoms with Crippen molar-refractivity contribution in [3.8, 4) is 6.07 Å². The Morgan fingerprint density at radius 1 is 0.950 bits per heavy atom. The van der Waals surface area contributed by atoms with Crippen LogP contribution in [0.25, 0.3) is 5.57 Å². The molecule has 4 aliphatic rings. The SMILES string of the molecule is N#C/C(=C\C1C2CC3CC(C2)CC1C3)c1ccccc1. The van der Waals surface area contributed by atoms with Crippen LogP contribution in [0.15, 0.2) is 36.4 Å². The van der Waals surface area contributed by atoms with Gasteiger partial charge in [-0.25, -0.2) is 0 Å². The molecule has 0 heterocycles. The van der Waals surface area contributed by atoms with Crippen molar-refractivity contribution in [2.75, 3.05) is 0 Å². The van der Waals surface area contributed by atoms with E-state index in [1.54, 1.807) is 0 Å². The molecule has 0 amide bonds. The van der Waals surface area contributed by atoms with Crippen molar-refractivity contribution >= 4 is 5.57 Å². The molecule has 0 aromatic heterocycles. The van der Waals surface area contributed by atoms with Gasteiger partial charge in [-0.2, -0.15) is 5.26 Å². The van der Waals surface area contributed by atoms with Crippen LogP contribution in [0, 0.1) is 40.9 Å². The van der Waals surface area contributed by atoms with Gasteiger partial charge in [0.25, 0.3) is 0 Å². The summed E-state index contributed by atoms with van der Waals surface area (Å²) in [4.78, 5) is 0. The van der Waals surface area contributed by atoms with E-state index in [2.05, 4.69) is 24.3 Å². The summed E-state index contributed by atoms with van der Waals surface area (Å²) in [7, 11) is 0. The van der Waals surface area contributed by atoms with Gasteiger partial charge in [0.15, 0.2) is 0 Å². The third-order valence-corrected chi connectivity index (χ3v) is 5.86. The van der Waals surface area contributed by atoms with Gasteiger partial charge in [0.1, 0.15) is 0 Å². The molecular weight excluding hydrogens is 242 g/mol. The zero-order chi connectivity index (χ0) is 13.5. The minimum atomic E-state index is 0.664. The molecule has 102 valence electrons. The van der Waals surface area contributed by atoms with Crippen LogP contribution in [0.1, 0.15) is 37.7 Å². The van der Waals surface area contributed by atoms with E-state index in [0.29, 0.717) is 5.92 Å². The number of hydrogen-bond acceptors (Lipinski definition) is 1. The monoisotopic (exact) mass is 263 g/mol. The van der Waals surface area contributed by atoms with Crippen molar-refractivity contribution in [2.45, 2.75) is 32.1 Å². The van der Waals surface area contributed by atoms with Gasteiger partial charge in [-0.3, -0.25) is 0 Å². The number of nitrogens with zero attached hydrogens (tertiary/aromatic N) is 1. The number of rotatable bonds is 2. The normalized spacial score (nSPS) is 38.8. The van der Waals surface area contributed by atoms with E-state index in [4.69, 9.17) is 0 Å². The lowest BCUT2D eigenvalue weighted by atomic mass is 9.51. The molecule has 4 aliphatic carbocycles. The summed E-state index contributed by atoms with van der Waals surface area (Å²) in [6, 6.07) is 12.6. The first-order chi connectivity index (χ1) is 9.83. The van der Waals surface area contributed by atoms with Gasteiger partial charge in [0.05, 0.1) is 11.6 Å². The summed E-state index contributed by atoms with van der Waals surface area (Å²) in [6.07, 6.45) is 9.49. The van der Waals surface area contributed by atoms with Gasteiger partial charge in [-0.1, -0.05) is 36.4 Å². The van der Waals surface area contributed by atoms with Crippen molar-refractivity contribution in [1.82, 2.24) is 0 Å². The molecule has 1 aromatic carbocycles. The Hall–Kier alpha value is -1.55. The minimum Gasteiger partial charge on any atom is -0.192 e. The summed E-state index contributed by atoms with van der Waals surface area (Å²) in [5.74, 6) is 4.39. The van der Waals surface area contributed by atoms with Crippen LogP contribution in [-0.2, 0) is 0 Å². The van der Waals surface area contributed by atoms with Crippen molar-refractivity contribution in [3.63, 3.8) is 0 Å². The molecule has 0 N–H and O–H groups in total. The zero-order valence-corrected chi connectivity index (χ0v) is 11.8. The topological polar surface area (TPSA) is 23.8 Å². The van der Waals surface area contributed by atoms with E-state index < -0.39 is 0 Å². The maximum atomic E-state index is 9.52. The predicted octanol–water partition coefficient (Wildman–Crippen LogP) is 4.67. The van der Waals surface area contributed by atoms with Crippen LogP contribution in [0.4, 0.5) is 0 Å². The molecule has 20 heavy (non-hydrogen) atoms. The number of benzene rings is 1. The van der Waals surface area contributed by atoms with Crippen LogP contribution >= 0.6 is 0 Å². The Bertz CT molecular complexity index is 535. The largest absolute Gasteiger partial charge is 0.192 e. The fourth-order valence-electron chi connectivity index (χ4n) is 5.25. The predicted molar refractivity (Wildman–Crippen MR) is 80.6 cm³/mol. The summed E-state index contributed by atoms with van der Waals surface area (Å²) in [5, 5.41) is 9.52. The van der Waals surface area contributed by atoms with Gasteiger partial charge < -0.3 is 0 Å². The Morgan fingerprint density at radius 3 is 2.10 bits per heavy atom. The molecular formula is C19H21N. The molecule has 0 unspecified atom stereocenters. The summed E-state index contributed by atoms with van der Waals surface area (Å²) in [6.45, 7) is 0. The van der Waals surface area contributed by atoms with Gasteiger partial charge in [0, 0.05) is 0 Å². The van der Waals surface area contributed by atoms with Gasteiger partial charge in [-0.05, 0) is 67.3 Å². The molecule has 0 aliphatic heterocycles. The van der Waals surface area contributed by atoms with Crippen molar-refractivity contribution < 1.29 is 0 Å². The van der Waals surface area contributed by atoms with E-state index >= 15 is 0 Å². The molecule has 0 atom stereocenters. The van der Waals surface area contributed by atoms with Crippen LogP contribution < -0.4 is 0 Å². The molecule has 5 rings (SSSR count). The summed E-state index contributed by atoms with van der Waals surface area (Å²) < 4.78 is 0. The zero-order valence-electron chi connectivity index (χ0n) is 11.8. The first kappa shape index (κ1) is 12.2. The molecule has 0 saturated heterocycles. The third kappa shape index (κ3) is 1.99. The molecule has 4 saturated carbocycles. The average Bonchev–Trinajstić information content (AvgIpc) is 2.47. The van der Waals surface area contributed by atoms with E-state index in [0.717, 1.165) is 34.8 Å². The van der Waals surface area contributed by atoms with Crippen LogP contribution in [0.3, 0.4) is 0 Å². The summed E-state index contributed by atoms with van der Waals surface area (Å²) >= 11 is 0. The summed E-state index contributed by atoms with van der Waals surface area (Å²) in [5.41, 5.74) is 1.98. The quantitative estimate of drug-likeness (QED) is 0.711. The molecule has 1 nitrogen and oxygen atoms in total. The lowest BCUT2D eigenvalue weighted by Gasteiger charge is -2.53. The molecule has 4 fully saturated rings. The number of hydrogen-bond donors (Lipinski definition) is 0. The Kier molecular flexibility index (Phi) is 2.91. The van der Waals surface area contributed by atoms with Crippen LogP contribution in [-0.4, -0.2) is 0 Å². The Labute approximate surface area is 121 Å². The Morgan fingerprint density at radius 2 is 1.55 bits per heavy atom. The lowest BCUT2D eigenvalue weighted by molar-refractivity contribution is -0.0159. The standard InChI is InChI=1S/C19H21N/c20-12-18(15-4-2-1-3-5-15)11-19-16-7-13-6-14(9-16)10-17(19)8-13/h1-5,11,13-14,16-17,19H,6-10H2/b18-11+. The highest BCUT2D eigenvalue weighted by molar-refractivity contribution is 5.76. The maximum Gasteiger partial charge on any atom is 0.0994 e. The first-order valence-corrected chi connectivity index (χ1v) is 8.01. The average molecular weight is 263 g/mol. The smallest absolute Gasteiger partial charge is 0.0994 e. The van der Waals surface area contributed by atoms with Crippen molar-refractivity contribution in [3.05, 3.63) is 42.0 Å². The van der Waals surface area contributed by atoms with Gasteiger partial charge >= 0.3 is 0 Å². The fraction of sp³-hybridized carbons (Fsp3) is 0.526. The van der Waals surface area contributed by atoms with E-state index in [1.165, 1.54) is 32.1 Å². The molecule has 0 radical (unpaired) electrons. The highest BCUT2D eigenvalue weighted by Gasteiger charge is 2.47. The highest BCUT2D eigenvalue weighted by atomic mass is 14.5. The van der Waals surface area contributed by atoms with Gasteiger partial charge in [0.2, 0.25) is 0 Å². The first-order valence-electron chi connectivity index (χ1n) is 8.01. The molecule has 0 spiro atoms. The highest BCUT2D eigenvalue weighted by Crippen LogP contribution is 2.57. The van der Waals surface area contributed by atoms with Crippen molar-refractivity contribution in [1.29, 1.82) is 5.26 Å². The Balaban J connectivity index is 1.64. The molecule has 4 bridgehead atoms. The van der Waals surface area contributed by atoms with Crippen LogP contribution in [0.2, 0.25) is 0 Å². The minimum absolute atomic E-state index is 0.664.